The molecular formula is C31H44N6O4. The Morgan fingerprint density at radius 3 is 2.39 bits per heavy atom. The summed E-state index contributed by atoms with van der Waals surface area (Å²) in [5.74, 6) is 3.09. The van der Waals surface area contributed by atoms with Crippen molar-refractivity contribution in [3.05, 3.63) is 42.7 Å². The molecule has 5 rings (SSSR count). The zero-order chi connectivity index (χ0) is 28.6. The quantitative estimate of drug-likeness (QED) is 0.246. The van der Waals surface area contributed by atoms with Gasteiger partial charge >= 0.3 is 0 Å². The van der Waals surface area contributed by atoms with E-state index < -0.39 is 6.35 Å². The first-order chi connectivity index (χ1) is 20.0. The molecule has 2 fully saturated rings. The van der Waals surface area contributed by atoms with Crippen LogP contribution < -0.4 is 24.4 Å². The minimum Gasteiger partial charge on any atom is -0.493 e. The number of aromatic nitrogens is 2. The van der Waals surface area contributed by atoms with Gasteiger partial charge in [0.05, 0.1) is 25.3 Å². The van der Waals surface area contributed by atoms with Crippen molar-refractivity contribution in [2.45, 2.75) is 52.0 Å². The molecule has 222 valence electrons. The summed E-state index contributed by atoms with van der Waals surface area (Å²) in [5, 5.41) is 15.0. The average molecular weight is 565 g/mol. The lowest BCUT2D eigenvalue weighted by Gasteiger charge is -2.38. The Bertz CT molecular complexity index is 1240. The summed E-state index contributed by atoms with van der Waals surface area (Å²) in [6.07, 6.45) is 5.89. The Morgan fingerprint density at radius 1 is 0.927 bits per heavy atom. The van der Waals surface area contributed by atoms with Crippen LogP contribution in [0.5, 0.6) is 17.2 Å². The standard InChI is InChI=1S/C31H44N6O4/c1-23(2)41-25-10-8-24(9-11-25)34-31(38)37-17-15-36(16-18-37)30-26-20-28(39-3)29(21-27(26)32-22-33-30)40-19-7-14-35-12-5-4-6-13-35/h8-11,20-23,31,34,38H,4-7,12-19H2,1-3H3. The number of nitrogens with zero attached hydrogens (tertiary/aromatic N) is 5. The van der Waals surface area contributed by atoms with E-state index in [9.17, 15) is 5.11 Å². The molecule has 2 aliphatic rings. The van der Waals surface area contributed by atoms with E-state index in [1.54, 1.807) is 13.4 Å². The highest BCUT2D eigenvalue weighted by molar-refractivity contribution is 5.92. The van der Waals surface area contributed by atoms with E-state index >= 15 is 0 Å². The third kappa shape index (κ3) is 7.69. The number of methoxy groups -OCH3 is 1. The van der Waals surface area contributed by atoms with Crippen LogP contribution in [0.2, 0.25) is 0 Å². The van der Waals surface area contributed by atoms with Gasteiger partial charge in [0.25, 0.3) is 0 Å². The molecule has 10 nitrogen and oxygen atoms in total. The summed E-state index contributed by atoms with van der Waals surface area (Å²) >= 11 is 0. The van der Waals surface area contributed by atoms with Gasteiger partial charge in [-0.25, -0.2) is 9.97 Å². The SMILES string of the molecule is COc1cc2c(N3CCN(C(O)Nc4ccc(OC(C)C)cc4)CC3)ncnc2cc1OCCCN1CCCCC1. The summed E-state index contributed by atoms with van der Waals surface area (Å²) in [6.45, 7) is 10.9. The third-order valence-electron chi connectivity index (χ3n) is 7.71. The van der Waals surface area contributed by atoms with E-state index in [0.29, 0.717) is 31.2 Å². The van der Waals surface area contributed by atoms with Gasteiger partial charge in [-0.3, -0.25) is 4.90 Å². The van der Waals surface area contributed by atoms with Crippen LogP contribution in [-0.2, 0) is 0 Å². The summed E-state index contributed by atoms with van der Waals surface area (Å²) < 4.78 is 17.6. The lowest BCUT2D eigenvalue weighted by Crippen LogP contribution is -2.52. The fraction of sp³-hybridized carbons (Fsp3) is 0.548. The van der Waals surface area contributed by atoms with Crippen molar-refractivity contribution >= 4 is 22.4 Å². The second kappa shape index (κ2) is 14.0. The average Bonchev–Trinajstić information content (AvgIpc) is 3.00. The number of ether oxygens (including phenoxy) is 3. The van der Waals surface area contributed by atoms with E-state index in [-0.39, 0.29) is 6.10 Å². The van der Waals surface area contributed by atoms with E-state index in [1.165, 1.54) is 32.4 Å². The molecule has 1 unspecified atom stereocenters. The number of fused-ring (bicyclic) bond motifs is 1. The number of hydrogen-bond acceptors (Lipinski definition) is 10. The van der Waals surface area contributed by atoms with E-state index in [1.807, 2.05) is 55.1 Å². The van der Waals surface area contributed by atoms with Crippen molar-refractivity contribution < 1.29 is 19.3 Å². The maximum absolute atomic E-state index is 10.8. The summed E-state index contributed by atoms with van der Waals surface area (Å²) in [7, 11) is 1.67. The molecule has 3 heterocycles. The van der Waals surface area contributed by atoms with Crippen LogP contribution in [0, 0.1) is 0 Å². The van der Waals surface area contributed by atoms with Crippen LogP contribution in [-0.4, -0.2) is 96.9 Å². The number of piperidine rings is 1. The fourth-order valence-electron chi connectivity index (χ4n) is 5.55. The van der Waals surface area contributed by atoms with Crippen molar-refractivity contribution in [3.8, 4) is 17.2 Å². The van der Waals surface area contributed by atoms with Gasteiger partial charge in [0.1, 0.15) is 17.9 Å². The minimum atomic E-state index is -0.786. The number of likely N-dealkylation sites (tertiary alicyclic amines) is 1. The highest BCUT2D eigenvalue weighted by Crippen LogP contribution is 2.35. The van der Waals surface area contributed by atoms with Crippen LogP contribution in [0.1, 0.15) is 39.5 Å². The van der Waals surface area contributed by atoms with Gasteiger partial charge in [0.2, 0.25) is 0 Å². The predicted octanol–water partition coefficient (Wildman–Crippen LogP) is 4.19. The van der Waals surface area contributed by atoms with Crippen LogP contribution in [0.3, 0.4) is 0 Å². The maximum Gasteiger partial charge on any atom is 0.184 e. The van der Waals surface area contributed by atoms with Gasteiger partial charge in [-0.1, -0.05) is 6.42 Å². The molecular weight excluding hydrogens is 520 g/mol. The van der Waals surface area contributed by atoms with Crippen molar-refractivity contribution in [3.63, 3.8) is 0 Å². The number of aliphatic hydroxyl groups excluding tert-OH is 1. The second-order valence-corrected chi connectivity index (χ2v) is 11.1. The molecule has 1 aromatic heterocycles. The van der Waals surface area contributed by atoms with E-state index in [4.69, 9.17) is 14.2 Å². The van der Waals surface area contributed by atoms with Gasteiger partial charge in [-0.15, -0.1) is 0 Å². The van der Waals surface area contributed by atoms with Crippen molar-refractivity contribution in [2.75, 3.05) is 69.7 Å². The molecule has 0 saturated carbocycles. The molecule has 2 saturated heterocycles. The Morgan fingerprint density at radius 2 is 1.68 bits per heavy atom. The smallest absolute Gasteiger partial charge is 0.184 e. The Hall–Kier alpha value is -3.34. The van der Waals surface area contributed by atoms with Crippen molar-refractivity contribution in [1.82, 2.24) is 19.8 Å². The molecule has 0 radical (unpaired) electrons. The molecule has 41 heavy (non-hydrogen) atoms. The molecule has 2 aliphatic heterocycles. The number of aliphatic hydroxyl groups is 1. The molecule has 3 aromatic rings. The molecule has 0 amide bonds. The molecule has 2 N–H and O–H groups in total. The monoisotopic (exact) mass is 564 g/mol. The largest absolute Gasteiger partial charge is 0.493 e. The van der Waals surface area contributed by atoms with Gasteiger partial charge in [-0.2, -0.15) is 0 Å². The minimum absolute atomic E-state index is 0.123. The van der Waals surface area contributed by atoms with Crippen LogP contribution in [0.25, 0.3) is 10.9 Å². The van der Waals surface area contributed by atoms with Gasteiger partial charge < -0.3 is 34.4 Å². The molecule has 2 aromatic carbocycles. The fourth-order valence-corrected chi connectivity index (χ4v) is 5.55. The first-order valence-electron chi connectivity index (χ1n) is 14.9. The van der Waals surface area contributed by atoms with Crippen LogP contribution in [0.4, 0.5) is 11.5 Å². The first kappa shape index (κ1) is 29.2. The normalized spacial score (nSPS) is 17.5. The number of piperazine rings is 1. The van der Waals surface area contributed by atoms with Crippen LogP contribution >= 0.6 is 0 Å². The molecule has 0 aliphatic carbocycles. The number of nitrogens with one attached hydrogen (secondary N) is 1. The van der Waals surface area contributed by atoms with Gasteiger partial charge in [0, 0.05) is 49.9 Å². The van der Waals surface area contributed by atoms with Gasteiger partial charge in [0.15, 0.2) is 17.9 Å². The molecule has 10 heteroatoms. The second-order valence-electron chi connectivity index (χ2n) is 11.1. The van der Waals surface area contributed by atoms with Crippen molar-refractivity contribution in [2.24, 2.45) is 0 Å². The molecule has 1 atom stereocenters. The van der Waals surface area contributed by atoms with E-state index in [2.05, 4.69) is 25.1 Å². The number of benzene rings is 2. The van der Waals surface area contributed by atoms with Gasteiger partial charge in [-0.05, 0) is 76.5 Å². The Labute approximate surface area is 243 Å². The summed E-state index contributed by atoms with van der Waals surface area (Å²) in [5.41, 5.74) is 1.67. The number of hydrogen-bond donors (Lipinski definition) is 2. The highest BCUT2D eigenvalue weighted by atomic mass is 16.5. The predicted molar refractivity (Wildman–Crippen MR) is 162 cm³/mol. The lowest BCUT2D eigenvalue weighted by atomic mass is 10.1. The number of anilines is 2. The summed E-state index contributed by atoms with van der Waals surface area (Å²) in [6, 6.07) is 11.6. The maximum atomic E-state index is 10.8. The first-order valence-corrected chi connectivity index (χ1v) is 14.9. The zero-order valence-electron chi connectivity index (χ0n) is 24.6. The highest BCUT2D eigenvalue weighted by Gasteiger charge is 2.25. The number of rotatable bonds is 12. The van der Waals surface area contributed by atoms with Crippen LogP contribution in [0.15, 0.2) is 42.7 Å². The van der Waals surface area contributed by atoms with Crippen molar-refractivity contribution in [1.29, 1.82) is 0 Å². The lowest BCUT2D eigenvalue weighted by molar-refractivity contribution is 0.0225. The molecule has 0 bridgehead atoms. The van der Waals surface area contributed by atoms with E-state index in [0.717, 1.165) is 54.2 Å². The summed E-state index contributed by atoms with van der Waals surface area (Å²) in [4.78, 5) is 16.0. The molecule has 0 spiro atoms. The Balaban J connectivity index is 1.17. The topological polar surface area (TPSA) is 95.5 Å². The zero-order valence-corrected chi connectivity index (χ0v) is 24.6. The third-order valence-corrected chi connectivity index (χ3v) is 7.71. The Kier molecular flexibility index (Phi) is 9.97.